The van der Waals surface area contributed by atoms with Crippen LogP contribution in [-0.4, -0.2) is 49.6 Å². The Morgan fingerprint density at radius 1 is 1.25 bits per heavy atom. The molecule has 3 aromatic heterocycles. The van der Waals surface area contributed by atoms with E-state index in [0.29, 0.717) is 24.8 Å². The molecular weight excluding hydrogens is 358 g/mol. The monoisotopic (exact) mass is 383 g/mol. The highest BCUT2D eigenvalue weighted by atomic mass is 16.5. The predicted molar refractivity (Wildman–Crippen MR) is 104 cm³/mol. The molecule has 0 aliphatic carbocycles. The van der Waals surface area contributed by atoms with Gasteiger partial charge in [-0.25, -0.2) is 9.67 Å². The van der Waals surface area contributed by atoms with Crippen molar-refractivity contribution in [2.75, 3.05) is 25.1 Å². The molecule has 1 aliphatic rings. The smallest absolute Gasteiger partial charge is 0.266 e. The largest absolute Gasteiger partial charge is 0.378 e. The summed E-state index contributed by atoms with van der Waals surface area (Å²) in [6, 6.07) is 5.41. The van der Waals surface area contributed by atoms with Crippen LogP contribution in [-0.2, 0) is 23.3 Å². The highest BCUT2D eigenvalue weighted by molar-refractivity contribution is 5.49. The van der Waals surface area contributed by atoms with Crippen molar-refractivity contribution in [3.8, 4) is 0 Å². The Bertz CT molecular complexity index is 1040. The van der Waals surface area contributed by atoms with Crippen LogP contribution in [0.2, 0.25) is 0 Å². The molecule has 1 fully saturated rings. The van der Waals surface area contributed by atoms with Crippen LogP contribution in [0, 0.1) is 5.92 Å². The number of anilines is 1. The number of fused-ring (bicyclic) bond motifs is 1. The van der Waals surface area contributed by atoms with Gasteiger partial charge in [0.15, 0.2) is 0 Å². The minimum atomic E-state index is -0.0887. The lowest BCUT2D eigenvalue weighted by Gasteiger charge is -2.40. The van der Waals surface area contributed by atoms with E-state index in [2.05, 4.69) is 45.8 Å². The first-order chi connectivity index (χ1) is 13.3. The van der Waals surface area contributed by atoms with Gasteiger partial charge in [-0.1, -0.05) is 20.8 Å². The first-order valence-electron chi connectivity index (χ1n) is 9.37. The van der Waals surface area contributed by atoms with Crippen molar-refractivity contribution in [3.05, 3.63) is 46.3 Å². The topological polar surface area (TPSA) is 90.4 Å². The van der Waals surface area contributed by atoms with Crippen LogP contribution in [0.5, 0.6) is 0 Å². The van der Waals surface area contributed by atoms with Gasteiger partial charge in [0.25, 0.3) is 11.3 Å². The lowest BCUT2D eigenvalue weighted by molar-refractivity contribution is 0.181. The molecule has 1 aliphatic heterocycles. The maximum absolute atomic E-state index is 12.2. The van der Waals surface area contributed by atoms with Gasteiger partial charge in [-0.2, -0.15) is 19.7 Å². The first-order valence-corrected chi connectivity index (χ1v) is 9.37. The standard InChI is InChI=1S/C19H25N7O2/c1-19(2,3)15-5-6-17(27)25(23-15)10-13-8-24(9-13)16-7-14(11-28-4)22-18-20-12-21-26(16)18/h5-7,12-13H,8-11H2,1-4H3. The van der Waals surface area contributed by atoms with Crippen molar-refractivity contribution in [2.24, 2.45) is 5.92 Å². The summed E-state index contributed by atoms with van der Waals surface area (Å²) in [4.78, 5) is 23.1. The van der Waals surface area contributed by atoms with Gasteiger partial charge in [0, 0.05) is 43.7 Å². The molecule has 0 saturated carbocycles. The maximum Gasteiger partial charge on any atom is 0.266 e. The summed E-state index contributed by atoms with van der Waals surface area (Å²) in [6.07, 6.45) is 1.50. The molecule has 0 unspecified atom stereocenters. The van der Waals surface area contributed by atoms with Gasteiger partial charge < -0.3 is 9.64 Å². The summed E-state index contributed by atoms with van der Waals surface area (Å²) in [7, 11) is 1.64. The average Bonchev–Trinajstić information content (AvgIpc) is 3.06. The average molecular weight is 383 g/mol. The summed E-state index contributed by atoms with van der Waals surface area (Å²) in [6.45, 7) is 8.96. The van der Waals surface area contributed by atoms with Gasteiger partial charge in [-0.15, -0.1) is 0 Å². The highest BCUT2D eigenvalue weighted by Gasteiger charge is 2.30. The molecule has 0 amide bonds. The van der Waals surface area contributed by atoms with Crippen molar-refractivity contribution in [3.63, 3.8) is 0 Å². The van der Waals surface area contributed by atoms with E-state index >= 15 is 0 Å². The lowest BCUT2D eigenvalue weighted by Crippen LogP contribution is -2.50. The van der Waals surface area contributed by atoms with Gasteiger partial charge in [0.2, 0.25) is 0 Å². The van der Waals surface area contributed by atoms with Crippen molar-refractivity contribution >= 4 is 11.6 Å². The summed E-state index contributed by atoms with van der Waals surface area (Å²) in [5, 5.41) is 8.85. The fraction of sp³-hybridized carbons (Fsp3) is 0.526. The zero-order chi connectivity index (χ0) is 19.9. The Kier molecular flexibility index (Phi) is 4.62. The minimum Gasteiger partial charge on any atom is -0.378 e. The second kappa shape index (κ2) is 6.97. The van der Waals surface area contributed by atoms with Gasteiger partial charge in [-0.05, 0) is 6.07 Å². The molecule has 3 aromatic rings. The van der Waals surface area contributed by atoms with Gasteiger partial charge in [0.05, 0.1) is 24.5 Å². The minimum absolute atomic E-state index is 0.0589. The molecular formula is C19H25N7O2. The number of methoxy groups -OCH3 is 1. The molecule has 4 rings (SSSR count). The van der Waals surface area contributed by atoms with E-state index in [1.54, 1.807) is 22.4 Å². The van der Waals surface area contributed by atoms with E-state index < -0.39 is 0 Å². The van der Waals surface area contributed by atoms with Crippen LogP contribution in [0.3, 0.4) is 0 Å². The molecule has 9 nitrogen and oxygen atoms in total. The third-order valence-corrected chi connectivity index (χ3v) is 4.93. The number of rotatable bonds is 5. The number of hydrogen-bond acceptors (Lipinski definition) is 7. The molecule has 148 valence electrons. The third kappa shape index (κ3) is 3.49. The summed E-state index contributed by atoms with van der Waals surface area (Å²) < 4.78 is 8.54. The number of ether oxygens (including phenoxy) is 1. The van der Waals surface area contributed by atoms with Gasteiger partial charge >= 0.3 is 0 Å². The van der Waals surface area contributed by atoms with E-state index in [9.17, 15) is 4.79 Å². The van der Waals surface area contributed by atoms with Crippen LogP contribution >= 0.6 is 0 Å². The van der Waals surface area contributed by atoms with Crippen molar-refractivity contribution in [2.45, 2.75) is 39.3 Å². The fourth-order valence-corrected chi connectivity index (χ4v) is 3.39. The number of aromatic nitrogens is 6. The molecule has 0 atom stereocenters. The van der Waals surface area contributed by atoms with E-state index in [-0.39, 0.29) is 11.0 Å². The maximum atomic E-state index is 12.2. The molecule has 28 heavy (non-hydrogen) atoms. The molecule has 9 heteroatoms. The molecule has 4 heterocycles. The Hall–Kier alpha value is -2.81. The first kappa shape index (κ1) is 18.5. The quantitative estimate of drug-likeness (QED) is 0.655. The Morgan fingerprint density at radius 3 is 2.75 bits per heavy atom. The van der Waals surface area contributed by atoms with Crippen LogP contribution in [0.25, 0.3) is 5.78 Å². The SMILES string of the molecule is COCc1cc(N2CC(Cn3nc(C(C)(C)C)ccc3=O)C2)n2ncnc2n1. The summed E-state index contributed by atoms with van der Waals surface area (Å²) >= 11 is 0. The van der Waals surface area contributed by atoms with Crippen LogP contribution in [0.15, 0.2) is 29.3 Å². The van der Waals surface area contributed by atoms with Crippen LogP contribution in [0.1, 0.15) is 32.2 Å². The van der Waals surface area contributed by atoms with Crippen molar-refractivity contribution in [1.29, 1.82) is 0 Å². The third-order valence-electron chi connectivity index (χ3n) is 4.93. The molecule has 0 bridgehead atoms. The normalized spacial score (nSPS) is 15.2. The summed E-state index contributed by atoms with van der Waals surface area (Å²) in [5.74, 6) is 1.84. The molecule has 1 saturated heterocycles. The van der Waals surface area contributed by atoms with E-state index in [1.807, 2.05) is 12.1 Å². The molecule has 0 aromatic carbocycles. The Labute approximate surface area is 163 Å². The number of nitrogens with zero attached hydrogens (tertiary/aromatic N) is 7. The lowest BCUT2D eigenvalue weighted by atomic mass is 9.92. The predicted octanol–water partition coefficient (Wildman–Crippen LogP) is 1.26. The molecule has 0 N–H and O–H groups in total. The Morgan fingerprint density at radius 2 is 2.04 bits per heavy atom. The van der Waals surface area contributed by atoms with Crippen molar-refractivity contribution < 1.29 is 4.74 Å². The summed E-state index contributed by atoms with van der Waals surface area (Å²) in [5.41, 5.74) is 1.59. The zero-order valence-electron chi connectivity index (χ0n) is 16.7. The molecule has 0 spiro atoms. The van der Waals surface area contributed by atoms with Gasteiger partial charge in [-0.3, -0.25) is 4.79 Å². The fourth-order valence-electron chi connectivity index (χ4n) is 3.39. The van der Waals surface area contributed by atoms with Crippen molar-refractivity contribution in [1.82, 2.24) is 29.4 Å². The second-order valence-corrected chi connectivity index (χ2v) is 8.27. The van der Waals surface area contributed by atoms with Crippen LogP contribution in [0.4, 0.5) is 5.82 Å². The van der Waals surface area contributed by atoms with Crippen LogP contribution < -0.4 is 10.5 Å². The highest BCUT2D eigenvalue weighted by Crippen LogP contribution is 2.26. The van der Waals surface area contributed by atoms with E-state index in [4.69, 9.17) is 4.74 Å². The van der Waals surface area contributed by atoms with E-state index in [1.165, 1.54) is 6.33 Å². The second-order valence-electron chi connectivity index (χ2n) is 8.27. The van der Waals surface area contributed by atoms with Gasteiger partial charge in [0.1, 0.15) is 12.1 Å². The zero-order valence-corrected chi connectivity index (χ0v) is 16.7. The Balaban J connectivity index is 1.51. The molecule has 0 radical (unpaired) electrons. The number of hydrogen-bond donors (Lipinski definition) is 0. The van der Waals surface area contributed by atoms with E-state index in [0.717, 1.165) is 30.3 Å².